The predicted octanol–water partition coefficient (Wildman–Crippen LogP) is 2.46. The first-order valence-corrected chi connectivity index (χ1v) is 8.58. The third-order valence-electron chi connectivity index (χ3n) is 5.28. The first-order valence-electron chi connectivity index (χ1n) is 8.58. The molecule has 2 unspecified atom stereocenters. The maximum atomic E-state index is 14.8. The van der Waals surface area contributed by atoms with Crippen LogP contribution in [0.5, 0.6) is 0 Å². The molecule has 25 heavy (non-hydrogen) atoms. The van der Waals surface area contributed by atoms with Crippen LogP contribution < -0.4 is 4.90 Å². The van der Waals surface area contributed by atoms with Gasteiger partial charge in [-0.2, -0.15) is 0 Å². The summed E-state index contributed by atoms with van der Waals surface area (Å²) in [5.74, 6) is 0.771. The number of likely N-dealkylation sites (tertiary alicyclic amines) is 1. The number of aryl methyl sites for hydroxylation is 1. The first kappa shape index (κ1) is 16.1. The maximum Gasteiger partial charge on any atom is 0.289 e. The number of amides is 1. The second kappa shape index (κ2) is 6.13. The molecule has 7 heteroatoms. The zero-order valence-corrected chi connectivity index (χ0v) is 14.2. The molecule has 0 saturated carbocycles. The van der Waals surface area contributed by atoms with Gasteiger partial charge in [-0.25, -0.2) is 14.4 Å². The molecule has 2 aromatic heterocycles. The van der Waals surface area contributed by atoms with Gasteiger partial charge in [-0.1, -0.05) is 0 Å². The molecule has 2 aliphatic rings. The second-order valence-corrected chi connectivity index (χ2v) is 7.05. The van der Waals surface area contributed by atoms with Gasteiger partial charge in [-0.15, -0.1) is 0 Å². The van der Waals surface area contributed by atoms with Gasteiger partial charge in [0.2, 0.25) is 5.95 Å². The van der Waals surface area contributed by atoms with Crippen LogP contribution in [-0.2, 0) is 0 Å². The van der Waals surface area contributed by atoms with Gasteiger partial charge in [-0.3, -0.25) is 4.79 Å². The van der Waals surface area contributed by atoms with E-state index in [1.807, 2.05) is 11.8 Å². The first-order chi connectivity index (χ1) is 12.1. The highest BCUT2D eigenvalue weighted by atomic mass is 19.1. The molecule has 2 aliphatic heterocycles. The van der Waals surface area contributed by atoms with Crippen LogP contribution in [0.2, 0.25) is 0 Å². The molecule has 0 bridgehead atoms. The number of hydrogen-bond acceptors (Lipinski definition) is 5. The highest BCUT2D eigenvalue weighted by Gasteiger charge is 2.50. The Kier molecular flexibility index (Phi) is 3.94. The zero-order chi connectivity index (χ0) is 17.4. The molecule has 4 heterocycles. The SMILES string of the molecule is Cc1cnc(N2CCC(F)C3(CCN(C(=O)c4ccco4)C3)C2)nc1. The van der Waals surface area contributed by atoms with Gasteiger partial charge < -0.3 is 14.2 Å². The normalized spacial score (nSPS) is 26.4. The molecule has 0 aliphatic carbocycles. The van der Waals surface area contributed by atoms with E-state index in [4.69, 9.17) is 4.42 Å². The molecule has 132 valence electrons. The number of halogens is 1. The van der Waals surface area contributed by atoms with Gasteiger partial charge in [0.25, 0.3) is 5.91 Å². The van der Waals surface area contributed by atoms with E-state index >= 15 is 0 Å². The molecule has 2 atom stereocenters. The molecule has 1 amide bonds. The van der Waals surface area contributed by atoms with Crippen molar-refractivity contribution < 1.29 is 13.6 Å². The summed E-state index contributed by atoms with van der Waals surface area (Å²) < 4.78 is 20.0. The van der Waals surface area contributed by atoms with E-state index in [1.165, 1.54) is 6.26 Å². The van der Waals surface area contributed by atoms with Crippen molar-refractivity contribution in [1.29, 1.82) is 0 Å². The van der Waals surface area contributed by atoms with Crippen LogP contribution in [0.1, 0.15) is 29.0 Å². The van der Waals surface area contributed by atoms with Crippen LogP contribution >= 0.6 is 0 Å². The zero-order valence-electron chi connectivity index (χ0n) is 14.2. The number of piperidine rings is 1. The van der Waals surface area contributed by atoms with E-state index in [0.29, 0.717) is 50.7 Å². The summed E-state index contributed by atoms with van der Waals surface area (Å²) in [5.41, 5.74) is 0.435. The van der Waals surface area contributed by atoms with Crippen molar-refractivity contribution in [3.05, 3.63) is 42.1 Å². The smallest absolute Gasteiger partial charge is 0.289 e. The summed E-state index contributed by atoms with van der Waals surface area (Å²) in [7, 11) is 0. The van der Waals surface area contributed by atoms with Crippen LogP contribution in [-0.4, -0.2) is 53.1 Å². The molecule has 0 radical (unpaired) electrons. The number of anilines is 1. The summed E-state index contributed by atoms with van der Waals surface area (Å²) >= 11 is 0. The molecular weight excluding hydrogens is 323 g/mol. The summed E-state index contributed by atoms with van der Waals surface area (Å²) in [5, 5.41) is 0. The van der Waals surface area contributed by atoms with E-state index in [9.17, 15) is 9.18 Å². The minimum Gasteiger partial charge on any atom is -0.459 e. The van der Waals surface area contributed by atoms with Gasteiger partial charge >= 0.3 is 0 Å². The Morgan fingerprint density at radius 1 is 1.32 bits per heavy atom. The van der Waals surface area contributed by atoms with Crippen LogP contribution in [0.25, 0.3) is 0 Å². The van der Waals surface area contributed by atoms with E-state index in [-0.39, 0.29) is 5.91 Å². The van der Waals surface area contributed by atoms with Crippen molar-refractivity contribution in [1.82, 2.24) is 14.9 Å². The lowest BCUT2D eigenvalue weighted by Gasteiger charge is -2.42. The average Bonchev–Trinajstić information content (AvgIpc) is 3.29. The lowest BCUT2D eigenvalue weighted by molar-refractivity contribution is 0.0644. The van der Waals surface area contributed by atoms with E-state index in [0.717, 1.165) is 5.56 Å². The highest BCUT2D eigenvalue weighted by molar-refractivity contribution is 5.91. The number of furan rings is 1. The number of hydrogen-bond donors (Lipinski definition) is 0. The van der Waals surface area contributed by atoms with E-state index in [2.05, 4.69) is 9.97 Å². The summed E-state index contributed by atoms with van der Waals surface area (Å²) in [6.45, 7) is 4.00. The topological polar surface area (TPSA) is 62.5 Å². The Labute approximate surface area is 145 Å². The van der Waals surface area contributed by atoms with Crippen molar-refractivity contribution in [3.8, 4) is 0 Å². The third-order valence-corrected chi connectivity index (χ3v) is 5.28. The maximum absolute atomic E-state index is 14.8. The molecule has 1 spiro atoms. The predicted molar refractivity (Wildman–Crippen MR) is 90.2 cm³/mol. The summed E-state index contributed by atoms with van der Waals surface area (Å²) in [4.78, 5) is 25.0. The van der Waals surface area contributed by atoms with Crippen molar-refractivity contribution in [3.63, 3.8) is 0 Å². The molecule has 0 aromatic carbocycles. The Hall–Kier alpha value is -2.44. The van der Waals surface area contributed by atoms with Crippen LogP contribution in [0.3, 0.4) is 0 Å². The number of carbonyl (C=O) groups excluding carboxylic acids is 1. The van der Waals surface area contributed by atoms with Crippen LogP contribution in [0.4, 0.5) is 10.3 Å². The fraction of sp³-hybridized carbons (Fsp3) is 0.500. The van der Waals surface area contributed by atoms with Crippen molar-refractivity contribution in [2.75, 3.05) is 31.1 Å². The molecule has 2 aromatic rings. The summed E-state index contributed by atoms with van der Waals surface area (Å²) in [6, 6.07) is 3.33. The second-order valence-electron chi connectivity index (χ2n) is 7.05. The van der Waals surface area contributed by atoms with E-state index in [1.54, 1.807) is 29.4 Å². The number of carbonyl (C=O) groups is 1. The van der Waals surface area contributed by atoms with Crippen molar-refractivity contribution in [2.24, 2.45) is 5.41 Å². The van der Waals surface area contributed by atoms with Crippen LogP contribution in [0, 0.1) is 12.3 Å². The van der Waals surface area contributed by atoms with Gasteiger partial charge in [0, 0.05) is 44.0 Å². The molecule has 2 fully saturated rings. The largest absolute Gasteiger partial charge is 0.459 e. The van der Waals surface area contributed by atoms with Crippen molar-refractivity contribution >= 4 is 11.9 Å². The van der Waals surface area contributed by atoms with Gasteiger partial charge in [0.15, 0.2) is 5.76 Å². The highest BCUT2D eigenvalue weighted by Crippen LogP contribution is 2.42. The van der Waals surface area contributed by atoms with Gasteiger partial charge in [0.1, 0.15) is 6.17 Å². The fourth-order valence-corrected chi connectivity index (χ4v) is 3.86. The Morgan fingerprint density at radius 3 is 2.84 bits per heavy atom. The lowest BCUT2D eigenvalue weighted by atomic mass is 9.77. The third kappa shape index (κ3) is 2.88. The molecule has 0 N–H and O–H groups in total. The average molecular weight is 344 g/mol. The number of alkyl halides is 1. The number of nitrogens with zero attached hydrogens (tertiary/aromatic N) is 4. The number of aromatic nitrogens is 2. The number of rotatable bonds is 2. The lowest BCUT2D eigenvalue weighted by Crippen LogP contribution is -2.52. The summed E-state index contributed by atoms with van der Waals surface area (Å²) in [6.07, 6.45) is 5.18. The van der Waals surface area contributed by atoms with E-state index < -0.39 is 11.6 Å². The van der Waals surface area contributed by atoms with Crippen molar-refractivity contribution in [2.45, 2.75) is 25.9 Å². The monoisotopic (exact) mass is 344 g/mol. The molecule has 6 nitrogen and oxygen atoms in total. The Balaban J connectivity index is 1.52. The van der Waals surface area contributed by atoms with Gasteiger partial charge in [-0.05, 0) is 37.5 Å². The van der Waals surface area contributed by atoms with Crippen LogP contribution in [0.15, 0.2) is 35.2 Å². The standard InChI is InChI=1S/C18H21FN4O2/c1-13-9-20-17(21-10-13)23-6-4-15(19)18(12-23)5-7-22(11-18)16(24)14-3-2-8-25-14/h2-3,8-10,15H,4-7,11-12H2,1H3. The quantitative estimate of drug-likeness (QED) is 0.837. The molecule has 4 rings (SSSR count). The minimum atomic E-state index is -0.927. The van der Waals surface area contributed by atoms with Gasteiger partial charge in [0.05, 0.1) is 6.26 Å². The Morgan fingerprint density at radius 2 is 2.12 bits per heavy atom. The molecular formula is C18H21FN4O2. The minimum absolute atomic E-state index is 0.169. The fourth-order valence-electron chi connectivity index (χ4n) is 3.86. The molecule has 2 saturated heterocycles. The Bertz CT molecular complexity index is 749.